The summed E-state index contributed by atoms with van der Waals surface area (Å²) in [4.78, 5) is 22.7. The van der Waals surface area contributed by atoms with Crippen LogP contribution in [-0.4, -0.2) is 70.6 Å². The number of hydrogen-bond acceptors (Lipinski definition) is 11. The number of aliphatic hydroxyl groups is 2. The number of fused-ring (bicyclic) bond motifs is 1. The number of methoxy groups -OCH3 is 1. The van der Waals surface area contributed by atoms with Gasteiger partial charge in [0.2, 0.25) is 5.95 Å². The van der Waals surface area contributed by atoms with Crippen LogP contribution in [0.5, 0.6) is 5.75 Å². The van der Waals surface area contributed by atoms with E-state index >= 15 is 0 Å². The van der Waals surface area contributed by atoms with Crippen molar-refractivity contribution in [1.82, 2.24) is 14.9 Å². The van der Waals surface area contributed by atoms with Crippen LogP contribution in [0.2, 0.25) is 0 Å². The third-order valence-corrected chi connectivity index (χ3v) is 10.2. The first-order valence-corrected chi connectivity index (χ1v) is 16.8. The molecule has 1 aromatic heterocycles. The molecule has 0 radical (unpaired) electrons. The Balaban J connectivity index is 1.47. The summed E-state index contributed by atoms with van der Waals surface area (Å²) in [5, 5.41) is 25.8. The summed E-state index contributed by atoms with van der Waals surface area (Å²) < 4.78 is 71.7. The first-order chi connectivity index (χ1) is 22.3. The lowest BCUT2D eigenvalue weighted by molar-refractivity contribution is -0.137. The fourth-order valence-electron chi connectivity index (χ4n) is 5.99. The zero-order chi connectivity index (χ0) is 34.1. The van der Waals surface area contributed by atoms with Crippen LogP contribution in [0.4, 0.5) is 36.3 Å². The van der Waals surface area contributed by atoms with Gasteiger partial charge in [0.25, 0.3) is 5.91 Å². The standard InChI is InChI=1S/C31H37F3N5O7P/c1-5-45-47(43,46-6-2)16-17-7-9-22(26(11-17)44-4)37-30-35-14-21(31(32,33)34)28(38-30)36-23-10-8-19(18-12-24(40)25(41)13-18)20-15-39(3)29(42)27(20)23/h7-11,14,18,24-25,40-41H,5-6,12-13,15-16H2,1-4H3,(H2,35,36,37,38)/t18?,24-,25+. The van der Waals surface area contributed by atoms with E-state index in [4.69, 9.17) is 13.8 Å². The van der Waals surface area contributed by atoms with E-state index in [2.05, 4.69) is 20.6 Å². The Labute approximate surface area is 269 Å². The smallest absolute Gasteiger partial charge is 0.421 e. The second kappa shape index (κ2) is 13.8. The van der Waals surface area contributed by atoms with Gasteiger partial charge in [0.1, 0.15) is 17.1 Å². The molecule has 1 fully saturated rings. The van der Waals surface area contributed by atoms with Crippen molar-refractivity contribution in [2.45, 2.75) is 63.7 Å². The Morgan fingerprint density at radius 3 is 2.32 bits per heavy atom. The average molecular weight is 680 g/mol. The van der Waals surface area contributed by atoms with Gasteiger partial charge in [0.05, 0.1) is 55.6 Å². The molecular weight excluding hydrogens is 642 g/mol. The summed E-state index contributed by atoms with van der Waals surface area (Å²) in [5.41, 5.74) is 1.48. The van der Waals surface area contributed by atoms with Crippen molar-refractivity contribution in [2.75, 3.05) is 38.0 Å². The Morgan fingerprint density at radius 2 is 1.70 bits per heavy atom. The largest absolute Gasteiger partial charge is 0.495 e. The topological polar surface area (TPSA) is 155 Å². The Hall–Kier alpha value is -3.75. The van der Waals surface area contributed by atoms with Gasteiger partial charge in [0, 0.05) is 19.8 Å². The van der Waals surface area contributed by atoms with Crippen LogP contribution in [0.1, 0.15) is 65.2 Å². The van der Waals surface area contributed by atoms with Gasteiger partial charge in [-0.25, -0.2) is 4.98 Å². The predicted molar refractivity (Wildman–Crippen MR) is 167 cm³/mol. The first-order valence-electron chi connectivity index (χ1n) is 15.1. The van der Waals surface area contributed by atoms with Gasteiger partial charge in [-0.1, -0.05) is 12.1 Å². The van der Waals surface area contributed by atoms with Crippen LogP contribution in [0.3, 0.4) is 0 Å². The number of carbonyl (C=O) groups is 1. The molecule has 47 heavy (non-hydrogen) atoms. The highest BCUT2D eigenvalue weighted by Gasteiger charge is 2.39. The van der Waals surface area contributed by atoms with Gasteiger partial charge in [-0.15, -0.1) is 0 Å². The normalized spacial score (nSPS) is 19.6. The van der Waals surface area contributed by atoms with Gasteiger partial charge < -0.3 is 39.5 Å². The van der Waals surface area contributed by atoms with Gasteiger partial charge in [-0.3, -0.25) is 9.36 Å². The second-order valence-electron chi connectivity index (χ2n) is 11.4. The fourth-order valence-corrected chi connectivity index (χ4v) is 7.68. The van der Waals surface area contributed by atoms with Crippen LogP contribution >= 0.6 is 7.60 Å². The summed E-state index contributed by atoms with van der Waals surface area (Å²) in [6.45, 7) is 4.04. The molecule has 0 spiro atoms. The molecule has 1 amide bonds. The molecule has 0 saturated heterocycles. The van der Waals surface area contributed by atoms with Crippen molar-refractivity contribution < 1.29 is 46.5 Å². The highest BCUT2D eigenvalue weighted by Crippen LogP contribution is 2.52. The molecule has 12 nitrogen and oxygen atoms in total. The highest BCUT2D eigenvalue weighted by atomic mass is 31.2. The number of hydrogen-bond donors (Lipinski definition) is 4. The third-order valence-electron chi connectivity index (χ3n) is 8.13. The van der Waals surface area contributed by atoms with Crippen molar-refractivity contribution in [2.24, 2.45) is 0 Å². The predicted octanol–water partition coefficient (Wildman–Crippen LogP) is 5.94. The zero-order valence-corrected chi connectivity index (χ0v) is 27.2. The van der Waals surface area contributed by atoms with Crippen molar-refractivity contribution in [1.29, 1.82) is 0 Å². The van der Waals surface area contributed by atoms with Crippen LogP contribution in [0.25, 0.3) is 0 Å². The maximum Gasteiger partial charge on any atom is 0.421 e. The van der Waals surface area contributed by atoms with E-state index < -0.39 is 37.4 Å². The summed E-state index contributed by atoms with van der Waals surface area (Å²) >= 11 is 0. The van der Waals surface area contributed by atoms with Gasteiger partial charge >= 0.3 is 13.8 Å². The molecule has 2 heterocycles. The molecular formula is C31H37F3N5O7P. The van der Waals surface area contributed by atoms with E-state index in [1.54, 1.807) is 45.2 Å². The number of nitrogens with zero attached hydrogens (tertiary/aromatic N) is 3. The number of anilines is 4. The maximum absolute atomic E-state index is 14.1. The minimum absolute atomic E-state index is 0.0188. The lowest BCUT2D eigenvalue weighted by Gasteiger charge is -2.19. The molecule has 16 heteroatoms. The molecule has 254 valence electrons. The van der Waals surface area contributed by atoms with Gasteiger partial charge in [-0.2, -0.15) is 18.2 Å². The summed E-state index contributed by atoms with van der Waals surface area (Å²) in [6.07, 6.45) is -5.38. The molecule has 2 aliphatic rings. The number of aliphatic hydroxyl groups excluding tert-OH is 2. The first kappa shape index (κ1) is 34.6. The monoisotopic (exact) mass is 679 g/mol. The summed E-state index contributed by atoms with van der Waals surface area (Å²) in [6, 6.07) is 8.06. The van der Waals surface area contributed by atoms with Crippen molar-refractivity contribution >= 4 is 36.6 Å². The molecule has 0 bridgehead atoms. The molecule has 3 aromatic rings. The van der Waals surface area contributed by atoms with Crippen LogP contribution in [0, 0.1) is 0 Å². The Bertz CT molecular complexity index is 1670. The summed E-state index contributed by atoms with van der Waals surface area (Å²) in [7, 11) is -0.415. The maximum atomic E-state index is 14.1. The quantitative estimate of drug-likeness (QED) is 0.168. The fraction of sp³-hybridized carbons (Fsp3) is 0.452. The average Bonchev–Trinajstić information content (AvgIpc) is 3.50. The van der Waals surface area contributed by atoms with Gasteiger partial charge in [-0.05, 0) is 67.5 Å². The number of benzene rings is 2. The van der Waals surface area contributed by atoms with Crippen LogP contribution in [0.15, 0.2) is 36.5 Å². The Morgan fingerprint density at radius 1 is 1.04 bits per heavy atom. The molecule has 5 rings (SSSR count). The number of nitrogens with one attached hydrogen (secondary N) is 2. The minimum atomic E-state index is -4.82. The van der Waals surface area contributed by atoms with E-state index in [1.165, 1.54) is 18.1 Å². The van der Waals surface area contributed by atoms with Crippen LogP contribution in [-0.2, 0) is 32.5 Å². The van der Waals surface area contributed by atoms with E-state index in [9.17, 15) is 32.7 Å². The van der Waals surface area contributed by atoms with E-state index in [0.717, 1.165) is 5.56 Å². The van der Waals surface area contributed by atoms with Crippen molar-refractivity contribution in [3.05, 3.63) is 64.3 Å². The lowest BCUT2D eigenvalue weighted by atomic mass is 9.90. The number of carbonyl (C=O) groups excluding carboxylic acids is 1. The molecule has 2 aromatic carbocycles. The highest BCUT2D eigenvalue weighted by molar-refractivity contribution is 7.53. The second-order valence-corrected chi connectivity index (χ2v) is 13.4. The number of halogens is 3. The number of alkyl halides is 3. The van der Waals surface area contributed by atoms with Crippen molar-refractivity contribution in [3.8, 4) is 5.75 Å². The summed E-state index contributed by atoms with van der Waals surface area (Å²) in [5.74, 6) is -1.08. The lowest BCUT2D eigenvalue weighted by Crippen LogP contribution is -2.18. The molecule has 1 aliphatic heterocycles. The molecule has 1 aliphatic carbocycles. The molecule has 4 N–H and O–H groups in total. The third kappa shape index (κ3) is 7.39. The minimum Gasteiger partial charge on any atom is -0.495 e. The molecule has 1 saturated carbocycles. The SMILES string of the molecule is CCOP(=O)(Cc1ccc(Nc2ncc(C(F)(F)F)c(Nc3ccc(C4C[C@@H](O)[C@@H](O)C4)c4c3C(=O)N(C)C4)n2)c(OC)c1)OCC. The van der Waals surface area contributed by atoms with Crippen LogP contribution < -0.4 is 15.4 Å². The number of amides is 1. The Kier molecular flexibility index (Phi) is 10.1. The molecule has 1 unspecified atom stereocenters. The number of aromatic nitrogens is 2. The van der Waals surface area contributed by atoms with Gasteiger partial charge in [0.15, 0.2) is 0 Å². The number of ether oxygens (including phenoxy) is 1. The zero-order valence-electron chi connectivity index (χ0n) is 26.3. The van der Waals surface area contributed by atoms with E-state index in [-0.39, 0.29) is 60.7 Å². The van der Waals surface area contributed by atoms with E-state index in [1.807, 2.05) is 0 Å². The van der Waals surface area contributed by atoms with E-state index in [0.29, 0.717) is 35.9 Å². The molecule has 3 atom stereocenters. The number of rotatable bonds is 12. The van der Waals surface area contributed by atoms with Crippen molar-refractivity contribution in [3.63, 3.8) is 0 Å².